The highest BCUT2D eigenvalue weighted by atomic mass is 127. The molecule has 0 saturated heterocycles. The lowest BCUT2D eigenvalue weighted by Crippen LogP contribution is -2.34. The second kappa shape index (κ2) is 4.98. The minimum absolute atomic E-state index is 0.107. The smallest absolute Gasteiger partial charge is 0.343 e. The van der Waals surface area contributed by atoms with E-state index in [0.717, 1.165) is 12.1 Å². The van der Waals surface area contributed by atoms with E-state index in [1.54, 1.807) is 27.9 Å². The predicted octanol–water partition coefficient (Wildman–Crippen LogP) is 2.72. The molecule has 1 aromatic rings. The summed E-state index contributed by atoms with van der Waals surface area (Å²) in [6.45, 7) is -1.43. The minimum atomic E-state index is -4.48. The van der Waals surface area contributed by atoms with Crippen LogP contribution in [-0.4, -0.2) is 18.6 Å². The first-order valence-electron chi connectivity index (χ1n) is 4.09. The van der Waals surface area contributed by atoms with Gasteiger partial charge in [0.1, 0.15) is 12.4 Å². The van der Waals surface area contributed by atoms with Gasteiger partial charge in [0.25, 0.3) is 5.91 Å². The molecule has 0 aliphatic heterocycles. The monoisotopic (exact) mass is 347 g/mol. The highest BCUT2D eigenvalue weighted by Crippen LogP contribution is 2.15. The topological polar surface area (TPSA) is 29.1 Å². The second-order valence-corrected chi connectivity index (χ2v) is 4.08. The first-order chi connectivity index (χ1) is 7.29. The van der Waals surface area contributed by atoms with E-state index in [1.807, 2.05) is 0 Å². The summed E-state index contributed by atoms with van der Waals surface area (Å²) < 4.78 is 48.6. The molecule has 1 N–H and O–H groups in total. The molecular weight excluding hydrogens is 341 g/mol. The number of hydrogen-bond acceptors (Lipinski definition) is 1. The zero-order chi connectivity index (χ0) is 12.3. The summed E-state index contributed by atoms with van der Waals surface area (Å²) in [5.41, 5.74) is -0.107. The van der Waals surface area contributed by atoms with Gasteiger partial charge in [-0.05, 0) is 40.8 Å². The molecule has 88 valence electrons. The molecule has 7 heteroatoms. The van der Waals surface area contributed by atoms with Crippen molar-refractivity contribution in [1.29, 1.82) is 0 Å². The molecule has 0 saturated carbocycles. The van der Waals surface area contributed by atoms with Gasteiger partial charge in [0.05, 0.1) is 5.56 Å². The Labute approximate surface area is 102 Å². The van der Waals surface area contributed by atoms with Crippen molar-refractivity contribution in [3.05, 3.63) is 33.1 Å². The molecule has 2 nitrogen and oxygen atoms in total. The standard InChI is InChI=1S/C9H6F4INO/c10-5-1-2-7(14)6(3-5)8(16)15-4-9(11,12)13/h1-3H,4H2,(H,15,16). The van der Waals surface area contributed by atoms with Gasteiger partial charge < -0.3 is 5.32 Å². The molecular formula is C9H6F4INO. The van der Waals surface area contributed by atoms with Gasteiger partial charge in [0.2, 0.25) is 0 Å². The third kappa shape index (κ3) is 3.95. The number of rotatable bonds is 2. The Balaban J connectivity index is 2.77. The van der Waals surface area contributed by atoms with Crippen molar-refractivity contribution < 1.29 is 22.4 Å². The minimum Gasteiger partial charge on any atom is -0.343 e. The summed E-state index contributed by atoms with van der Waals surface area (Å²) in [7, 11) is 0. The fraction of sp³-hybridized carbons (Fsp3) is 0.222. The Morgan fingerprint density at radius 1 is 1.38 bits per heavy atom. The average Bonchev–Trinajstić information content (AvgIpc) is 2.17. The maximum atomic E-state index is 12.8. The molecule has 0 unspecified atom stereocenters. The molecule has 1 aromatic carbocycles. The molecule has 0 aliphatic rings. The average molecular weight is 347 g/mol. The Bertz CT molecular complexity index is 405. The number of carbonyl (C=O) groups is 1. The van der Waals surface area contributed by atoms with Gasteiger partial charge in [-0.15, -0.1) is 0 Å². The molecule has 0 spiro atoms. The lowest BCUT2D eigenvalue weighted by atomic mass is 10.2. The van der Waals surface area contributed by atoms with Crippen molar-refractivity contribution in [2.45, 2.75) is 6.18 Å². The van der Waals surface area contributed by atoms with Crippen molar-refractivity contribution in [2.75, 3.05) is 6.54 Å². The van der Waals surface area contributed by atoms with E-state index >= 15 is 0 Å². The molecule has 0 heterocycles. The van der Waals surface area contributed by atoms with Gasteiger partial charge in [-0.3, -0.25) is 4.79 Å². The van der Waals surface area contributed by atoms with Crippen LogP contribution in [0.25, 0.3) is 0 Å². The third-order valence-corrected chi connectivity index (χ3v) is 2.56. The van der Waals surface area contributed by atoms with E-state index in [2.05, 4.69) is 0 Å². The SMILES string of the molecule is O=C(NCC(F)(F)F)c1cc(F)ccc1I. The van der Waals surface area contributed by atoms with Gasteiger partial charge >= 0.3 is 6.18 Å². The van der Waals surface area contributed by atoms with E-state index in [1.165, 1.54) is 6.07 Å². The van der Waals surface area contributed by atoms with E-state index < -0.39 is 24.4 Å². The molecule has 0 fully saturated rings. The van der Waals surface area contributed by atoms with Gasteiger partial charge in [-0.1, -0.05) is 0 Å². The van der Waals surface area contributed by atoms with Crippen LogP contribution in [0.15, 0.2) is 18.2 Å². The molecule has 0 radical (unpaired) electrons. The van der Waals surface area contributed by atoms with Crippen LogP contribution in [0.3, 0.4) is 0 Å². The first-order valence-corrected chi connectivity index (χ1v) is 5.17. The Morgan fingerprint density at radius 3 is 2.56 bits per heavy atom. The molecule has 16 heavy (non-hydrogen) atoms. The zero-order valence-corrected chi connectivity index (χ0v) is 9.89. The number of amides is 1. The van der Waals surface area contributed by atoms with Gasteiger partial charge in [0, 0.05) is 3.57 Å². The number of halogens is 5. The van der Waals surface area contributed by atoms with Gasteiger partial charge in [-0.2, -0.15) is 13.2 Å². The van der Waals surface area contributed by atoms with Gasteiger partial charge in [0.15, 0.2) is 0 Å². The highest BCUT2D eigenvalue weighted by molar-refractivity contribution is 14.1. The summed E-state index contributed by atoms with van der Waals surface area (Å²) in [5, 5.41) is 1.67. The van der Waals surface area contributed by atoms with Crippen LogP contribution in [-0.2, 0) is 0 Å². The highest BCUT2D eigenvalue weighted by Gasteiger charge is 2.28. The number of benzene rings is 1. The van der Waals surface area contributed by atoms with Crippen LogP contribution in [0.1, 0.15) is 10.4 Å². The van der Waals surface area contributed by atoms with Crippen LogP contribution in [0, 0.1) is 9.39 Å². The molecule has 1 rings (SSSR count). The van der Waals surface area contributed by atoms with Crippen molar-refractivity contribution in [1.82, 2.24) is 5.32 Å². The molecule has 0 bridgehead atoms. The fourth-order valence-corrected chi connectivity index (χ4v) is 1.53. The normalized spacial score (nSPS) is 11.3. The predicted molar refractivity (Wildman–Crippen MR) is 57.5 cm³/mol. The van der Waals surface area contributed by atoms with Crippen LogP contribution in [0.2, 0.25) is 0 Å². The first kappa shape index (κ1) is 13.2. The number of nitrogens with one attached hydrogen (secondary N) is 1. The number of alkyl halides is 3. The van der Waals surface area contributed by atoms with E-state index in [4.69, 9.17) is 0 Å². The quantitative estimate of drug-likeness (QED) is 0.647. The largest absolute Gasteiger partial charge is 0.405 e. The van der Waals surface area contributed by atoms with Crippen LogP contribution in [0.4, 0.5) is 17.6 Å². The van der Waals surface area contributed by atoms with Crippen LogP contribution in [0.5, 0.6) is 0 Å². The molecule has 0 aromatic heterocycles. The molecule has 0 atom stereocenters. The fourth-order valence-electron chi connectivity index (χ4n) is 0.947. The van der Waals surface area contributed by atoms with E-state index in [0.29, 0.717) is 3.57 Å². The van der Waals surface area contributed by atoms with E-state index in [-0.39, 0.29) is 5.56 Å². The second-order valence-electron chi connectivity index (χ2n) is 2.92. The molecule has 0 aliphatic carbocycles. The number of carbonyl (C=O) groups excluding carboxylic acids is 1. The Morgan fingerprint density at radius 2 is 2.00 bits per heavy atom. The van der Waals surface area contributed by atoms with Crippen LogP contribution >= 0.6 is 22.6 Å². The van der Waals surface area contributed by atoms with Crippen LogP contribution < -0.4 is 5.32 Å². The van der Waals surface area contributed by atoms with Crippen molar-refractivity contribution >= 4 is 28.5 Å². The lowest BCUT2D eigenvalue weighted by molar-refractivity contribution is -0.123. The zero-order valence-electron chi connectivity index (χ0n) is 7.74. The summed E-state index contributed by atoms with van der Waals surface area (Å²) in [4.78, 5) is 11.3. The molecule has 1 amide bonds. The van der Waals surface area contributed by atoms with Crippen molar-refractivity contribution in [2.24, 2.45) is 0 Å². The Hall–Kier alpha value is -0.860. The van der Waals surface area contributed by atoms with Gasteiger partial charge in [-0.25, -0.2) is 4.39 Å². The summed E-state index contributed by atoms with van der Waals surface area (Å²) >= 11 is 1.74. The maximum absolute atomic E-state index is 12.8. The van der Waals surface area contributed by atoms with Crippen molar-refractivity contribution in [3.8, 4) is 0 Å². The van der Waals surface area contributed by atoms with E-state index in [9.17, 15) is 22.4 Å². The Kier molecular flexibility index (Phi) is 4.11. The summed E-state index contributed by atoms with van der Waals surface area (Å²) in [6, 6.07) is 3.34. The van der Waals surface area contributed by atoms with Crippen molar-refractivity contribution in [3.63, 3.8) is 0 Å². The lowest BCUT2D eigenvalue weighted by Gasteiger charge is -2.09. The summed E-state index contributed by atoms with van der Waals surface area (Å²) in [6.07, 6.45) is -4.48. The maximum Gasteiger partial charge on any atom is 0.405 e. The third-order valence-electron chi connectivity index (χ3n) is 1.62. The summed E-state index contributed by atoms with van der Waals surface area (Å²) in [5.74, 6) is -1.61. The number of hydrogen-bond donors (Lipinski definition) is 1.